The van der Waals surface area contributed by atoms with Gasteiger partial charge in [0, 0.05) is 7.05 Å². The number of pyridine rings is 1. The van der Waals surface area contributed by atoms with Gasteiger partial charge in [-0.3, -0.25) is 4.79 Å². The minimum absolute atomic E-state index is 0.0141. The van der Waals surface area contributed by atoms with Crippen molar-refractivity contribution in [3.63, 3.8) is 0 Å². The van der Waals surface area contributed by atoms with Crippen molar-refractivity contribution >= 4 is 17.6 Å². The Morgan fingerprint density at radius 2 is 1.85 bits per heavy atom. The van der Waals surface area contributed by atoms with E-state index in [-0.39, 0.29) is 16.9 Å². The van der Waals surface area contributed by atoms with Gasteiger partial charge in [-0.05, 0) is 24.3 Å². The first-order chi connectivity index (χ1) is 9.50. The lowest BCUT2D eigenvalue weighted by atomic mass is 10.1. The Labute approximate surface area is 114 Å². The first-order valence-electron chi connectivity index (χ1n) is 5.73. The van der Waals surface area contributed by atoms with E-state index in [2.05, 4.69) is 4.98 Å². The summed E-state index contributed by atoms with van der Waals surface area (Å²) < 4.78 is 13.0. The lowest BCUT2D eigenvalue weighted by molar-refractivity contribution is 0.0697. The maximum Gasteiger partial charge on any atom is 0.337 e. The number of aromatic nitrogens is 1. The number of benzene rings is 1. The number of carboxylic acids is 1. The number of carboxylic acid groups (broad SMARTS) is 1. The third-order valence-electron chi connectivity index (χ3n) is 2.73. The van der Waals surface area contributed by atoms with Crippen LogP contribution in [0.25, 0.3) is 0 Å². The second kappa shape index (κ2) is 5.48. The fraction of sp³-hybridized carbons (Fsp3) is 0.0714. The zero-order valence-electron chi connectivity index (χ0n) is 10.6. The molecule has 5 nitrogen and oxygen atoms in total. The summed E-state index contributed by atoms with van der Waals surface area (Å²) >= 11 is 0. The number of carbonyl (C=O) groups excluding carboxylic acids is 1. The molecule has 0 bridgehead atoms. The van der Waals surface area contributed by atoms with E-state index < -0.39 is 17.8 Å². The van der Waals surface area contributed by atoms with Gasteiger partial charge in [0.1, 0.15) is 5.69 Å². The first-order valence-corrected chi connectivity index (χ1v) is 5.73. The second-order valence-electron chi connectivity index (χ2n) is 4.03. The van der Waals surface area contributed by atoms with Crippen LogP contribution >= 0.6 is 0 Å². The van der Waals surface area contributed by atoms with Crippen molar-refractivity contribution in [3.8, 4) is 0 Å². The highest BCUT2D eigenvalue weighted by atomic mass is 19.1. The summed E-state index contributed by atoms with van der Waals surface area (Å²) in [5.74, 6) is -2.50. The van der Waals surface area contributed by atoms with E-state index in [0.29, 0.717) is 0 Å². The Balaban J connectivity index is 2.39. The number of halogens is 1. The smallest absolute Gasteiger partial charge is 0.337 e. The third-order valence-corrected chi connectivity index (χ3v) is 2.73. The van der Waals surface area contributed by atoms with Gasteiger partial charge in [-0.2, -0.15) is 4.39 Å². The predicted molar refractivity (Wildman–Crippen MR) is 70.3 cm³/mol. The van der Waals surface area contributed by atoms with Crippen LogP contribution in [-0.4, -0.2) is 29.0 Å². The maximum atomic E-state index is 13.0. The summed E-state index contributed by atoms with van der Waals surface area (Å²) in [4.78, 5) is 27.9. The van der Waals surface area contributed by atoms with Crippen LogP contribution in [0.2, 0.25) is 0 Å². The van der Waals surface area contributed by atoms with Crippen molar-refractivity contribution in [3.05, 3.63) is 59.7 Å². The Morgan fingerprint density at radius 3 is 2.50 bits per heavy atom. The van der Waals surface area contributed by atoms with Gasteiger partial charge in [0.15, 0.2) is 0 Å². The van der Waals surface area contributed by atoms with Crippen molar-refractivity contribution < 1.29 is 19.1 Å². The largest absolute Gasteiger partial charge is 0.478 e. The van der Waals surface area contributed by atoms with Gasteiger partial charge in [0.05, 0.1) is 11.3 Å². The molecule has 1 aromatic carbocycles. The quantitative estimate of drug-likeness (QED) is 0.871. The Hall–Kier alpha value is -2.76. The lowest BCUT2D eigenvalue weighted by Gasteiger charge is -2.18. The normalized spacial score (nSPS) is 10.1. The molecule has 1 heterocycles. The monoisotopic (exact) mass is 274 g/mol. The van der Waals surface area contributed by atoms with E-state index >= 15 is 0 Å². The van der Waals surface area contributed by atoms with E-state index in [1.165, 1.54) is 31.3 Å². The van der Waals surface area contributed by atoms with Crippen LogP contribution in [0.15, 0.2) is 42.5 Å². The molecule has 6 heteroatoms. The van der Waals surface area contributed by atoms with E-state index in [9.17, 15) is 14.0 Å². The van der Waals surface area contributed by atoms with Crippen LogP contribution in [0, 0.1) is 5.95 Å². The third kappa shape index (κ3) is 2.64. The average molecular weight is 274 g/mol. The average Bonchev–Trinajstić information content (AvgIpc) is 2.45. The molecule has 102 valence electrons. The molecule has 0 aliphatic carbocycles. The highest BCUT2D eigenvalue weighted by Crippen LogP contribution is 2.20. The van der Waals surface area contributed by atoms with E-state index in [0.717, 1.165) is 11.0 Å². The fourth-order valence-electron chi connectivity index (χ4n) is 1.76. The molecule has 0 saturated heterocycles. The van der Waals surface area contributed by atoms with E-state index in [1.54, 1.807) is 12.1 Å². The van der Waals surface area contributed by atoms with Crippen LogP contribution in [0.5, 0.6) is 0 Å². The second-order valence-corrected chi connectivity index (χ2v) is 4.03. The van der Waals surface area contributed by atoms with E-state index in [4.69, 9.17) is 5.11 Å². The molecule has 0 fully saturated rings. The van der Waals surface area contributed by atoms with Gasteiger partial charge in [-0.15, -0.1) is 0 Å². The van der Waals surface area contributed by atoms with Gasteiger partial charge in [-0.25, -0.2) is 9.78 Å². The maximum absolute atomic E-state index is 13.0. The van der Waals surface area contributed by atoms with Gasteiger partial charge >= 0.3 is 5.97 Å². The van der Waals surface area contributed by atoms with Crippen LogP contribution in [0.1, 0.15) is 20.8 Å². The molecule has 20 heavy (non-hydrogen) atoms. The number of nitrogens with zero attached hydrogens (tertiary/aromatic N) is 2. The fourth-order valence-corrected chi connectivity index (χ4v) is 1.76. The van der Waals surface area contributed by atoms with Crippen LogP contribution in [0.3, 0.4) is 0 Å². The topological polar surface area (TPSA) is 70.5 Å². The SMILES string of the molecule is CN(C(=O)c1cccc(F)n1)c1ccccc1C(=O)O. The molecule has 0 spiro atoms. The summed E-state index contributed by atoms with van der Waals surface area (Å²) in [7, 11) is 1.41. The summed E-state index contributed by atoms with van der Waals surface area (Å²) in [5.41, 5.74) is 0.114. The minimum Gasteiger partial charge on any atom is -0.478 e. The molecule has 1 amide bonds. The molecule has 2 aromatic rings. The van der Waals surface area contributed by atoms with Gasteiger partial charge in [0.2, 0.25) is 5.95 Å². The van der Waals surface area contributed by atoms with Crippen molar-refractivity contribution in [2.45, 2.75) is 0 Å². The number of hydrogen-bond acceptors (Lipinski definition) is 3. The van der Waals surface area contributed by atoms with Crippen molar-refractivity contribution in [2.75, 3.05) is 11.9 Å². The van der Waals surface area contributed by atoms with Crippen molar-refractivity contribution in [1.29, 1.82) is 0 Å². The summed E-state index contributed by atoms with van der Waals surface area (Å²) in [6.07, 6.45) is 0. The van der Waals surface area contributed by atoms with Gasteiger partial charge in [0.25, 0.3) is 5.91 Å². The van der Waals surface area contributed by atoms with Crippen LogP contribution in [0.4, 0.5) is 10.1 Å². The number of rotatable bonds is 3. The summed E-state index contributed by atoms with van der Waals surface area (Å²) in [6, 6.07) is 9.93. The number of amides is 1. The molecule has 0 radical (unpaired) electrons. The van der Waals surface area contributed by atoms with E-state index in [1.807, 2.05) is 0 Å². The Morgan fingerprint density at radius 1 is 1.15 bits per heavy atom. The summed E-state index contributed by atoms with van der Waals surface area (Å²) in [6.45, 7) is 0. The molecular weight excluding hydrogens is 263 g/mol. The van der Waals surface area contributed by atoms with Gasteiger partial charge < -0.3 is 10.0 Å². The van der Waals surface area contributed by atoms with Crippen molar-refractivity contribution in [1.82, 2.24) is 4.98 Å². The standard InChI is InChI=1S/C14H11FN2O3/c1-17(11-7-3-2-5-9(11)14(19)20)13(18)10-6-4-8-12(15)16-10/h2-8H,1H3,(H,19,20). The van der Waals surface area contributed by atoms with Crippen LogP contribution in [-0.2, 0) is 0 Å². The first kappa shape index (κ1) is 13.7. The molecule has 1 aromatic heterocycles. The molecule has 0 aliphatic rings. The number of aromatic carboxylic acids is 1. The summed E-state index contributed by atoms with van der Waals surface area (Å²) in [5, 5.41) is 9.10. The number of anilines is 1. The predicted octanol–water partition coefficient (Wildman–Crippen LogP) is 2.20. The minimum atomic E-state index is -1.15. The molecular formula is C14H11FN2O3. The molecule has 0 unspecified atom stereocenters. The lowest BCUT2D eigenvalue weighted by Crippen LogP contribution is -2.28. The van der Waals surface area contributed by atoms with Gasteiger partial charge in [-0.1, -0.05) is 18.2 Å². The zero-order valence-corrected chi connectivity index (χ0v) is 10.6. The molecule has 0 atom stereocenters. The van der Waals surface area contributed by atoms with Crippen LogP contribution < -0.4 is 4.90 Å². The zero-order chi connectivity index (χ0) is 14.7. The number of para-hydroxylation sites is 1. The molecule has 0 saturated carbocycles. The molecule has 1 N–H and O–H groups in total. The Bertz CT molecular complexity index is 673. The molecule has 2 rings (SSSR count). The highest BCUT2D eigenvalue weighted by molar-refractivity contribution is 6.08. The van der Waals surface area contributed by atoms with Crippen molar-refractivity contribution in [2.24, 2.45) is 0 Å². The molecule has 0 aliphatic heterocycles. The highest BCUT2D eigenvalue weighted by Gasteiger charge is 2.20. The Kier molecular flexibility index (Phi) is 3.74. The number of hydrogen-bond donors (Lipinski definition) is 1. The number of carbonyl (C=O) groups is 2.